The average molecular weight is 348 g/mol. The van der Waals surface area contributed by atoms with Crippen molar-refractivity contribution in [2.45, 2.75) is 38.0 Å². The summed E-state index contributed by atoms with van der Waals surface area (Å²) in [6, 6.07) is 14.8. The molecule has 4 rings (SSSR count). The van der Waals surface area contributed by atoms with Crippen LogP contribution in [0.1, 0.15) is 52.9 Å². The average Bonchev–Trinajstić information content (AvgIpc) is 3.15. The van der Waals surface area contributed by atoms with Crippen molar-refractivity contribution in [3.05, 3.63) is 81.2 Å². The molecule has 0 atom stereocenters. The number of fused-ring (bicyclic) bond motifs is 1. The molecule has 1 fully saturated rings. The maximum Gasteiger partial charge on any atom is 0.339 e. The van der Waals surface area contributed by atoms with E-state index in [0.717, 1.165) is 31.2 Å². The Morgan fingerprint density at radius 1 is 1.04 bits per heavy atom. The molecule has 1 saturated carbocycles. The fourth-order valence-corrected chi connectivity index (χ4v) is 4.32. The van der Waals surface area contributed by atoms with Gasteiger partial charge in [-0.15, -0.1) is 0 Å². The van der Waals surface area contributed by atoms with E-state index >= 15 is 0 Å². The minimum Gasteiger partial charge on any atom is -0.478 e. The third-order valence-corrected chi connectivity index (χ3v) is 5.59. The summed E-state index contributed by atoms with van der Waals surface area (Å²) in [5.41, 5.74) is 1.38. The number of rotatable bonds is 3. The van der Waals surface area contributed by atoms with Crippen LogP contribution in [0.15, 0.2) is 57.7 Å². The first-order valence-corrected chi connectivity index (χ1v) is 8.90. The Balaban J connectivity index is 2.07. The largest absolute Gasteiger partial charge is 0.478 e. The zero-order chi connectivity index (χ0) is 18.3. The lowest BCUT2D eigenvalue weighted by Gasteiger charge is -2.30. The molecule has 3 aromatic rings. The first kappa shape index (κ1) is 16.6. The minimum absolute atomic E-state index is 0.0297. The summed E-state index contributed by atoms with van der Waals surface area (Å²) >= 11 is 0. The molecule has 0 unspecified atom stereocenters. The summed E-state index contributed by atoms with van der Waals surface area (Å²) in [6.45, 7) is 1.79. The van der Waals surface area contributed by atoms with Crippen LogP contribution >= 0.6 is 0 Å². The van der Waals surface area contributed by atoms with Gasteiger partial charge in [0.15, 0.2) is 11.0 Å². The van der Waals surface area contributed by atoms with Crippen molar-refractivity contribution in [1.82, 2.24) is 0 Å². The number of benzene rings is 2. The van der Waals surface area contributed by atoms with E-state index in [-0.39, 0.29) is 22.0 Å². The van der Waals surface area contributed by atoms with Crippen LogP contribution in [-0.2, 0) is 5.41 Å². The van der Waals surface area contributed by atoms with Gasteiger partial charge >= 0.3 is 5.97 Å². The maximum atomic E-state index is 13.0. The molecule has 1 aliphatic carbocycles. The van der Waals surface area contributed by atoms with Gasteiger partial charge in [-0.2, -0.15) is 0 Å². The number of carbonyl (C=O) groups is 1. The lowest BCUT2D eigenvalue weighted by atomic mass is 9.75. The lowest BCUT2D eigenvalue weighted by Crippen LogP contribution is -2.28. The topological polar surface area (TPSA) is 67.5 Å². The standard InChI is InChI=1S/C22H20O4/c1-14-18(23)16-10-7-11-17(21(24)25)19(16)26-20(14)22(12-5-6-13-22)15-8-3-2-4-9-15/h2-4,7-11H,5-6,12-13H2,1H3,(H,24,25). The Kier molecular flexibility index (Phi) is 3.91. The number of para-hydroxylation sites is 1. The van der Waals surface area contributed by atoms with Crippen molar-refractivity contribution in [3.8, 4) is 0 Å². The third kappa shape index (κ3) is 2.37. The van der Waals surface area contributed by atoms with Crippen LogP contribution in [0, 0.1) is 6.92 Å². The second kappa shape index (κ2) is 6.13. The van der Waals surface area contributed by atoms with Crippen molar-refractivity contribution in [1.29, 1.82) is 0 Å². The van der Waals surface area contributed by atoms with Crippen molar-refractivity contribution < 1.29 is 14.3 Å². The molecule has 0 amide bonds. The van der Waals surface area contributed by atoms with E-state index in [1.165, 1.54) is 6.07 Å². The number of hydrogen-bond acceptors (Lipinski definition) is 3. The van der Waals surface area contributed by atoms with Crippen LogP contribution in [0.25, 0.3) is 11.0 Å². The number of hydrogen-bond donors (Lipinski definition) is 1. The van der Waals surface area contributed by atoms with E-state index < -0.39 is 5.97 Å². The third-order valence-electron chi connectivity index (χ3n) is 5.59. The predicted molar refractivity (Wildman–Crippen MR) is 99.9 cm³/mol. The van der Waals surface area contributed by atoms with Gasteiger partial charge in [-0.05, 0) is 37.5 Å². The Hall–Kier alpha value is -2.88. The maximum absolute atomic E-state index is 13.0. The zero-order valence-corrected chi connectivity index (χ0v) is 14.6. The lowest BCUT2D eigenvalue weighted by molar-refractivity contribution is 0.0697. The number of aromatic carboxylic acids is 1. The van der Waals surface area contributed by atoms with E-state index in [2.05, 4.69) is 12.1 Å². The van der Waals surface area contributed by atoms with Gasteiger partial charge in [0.05, 0.1) is 10.8 Å². The van der Waals surface area contributed by atoms with Crippen molar-refractivity contribution in [2.75, 3.05) is 0 Å². The molecule has 0 spiro atoms. The van der Waals surface area contributed by atoms with E-state index in [0.29, 0.717) is 16.7 Å². The summed E-state index contributed by atoms with van der Waals surface area (Å²) in [6.07, 6.45) is 3.89. The van der Waals surface area contributed by atoms with Crippen molar-refractivity contribution in [3.63, 3.8) is 0 Å². The molecule has 0 aliphatic heterocycles. The summed E-state index contributed by atoms with van der Waals surface area (Å²) in [4.78, 5) is 24.6. The molecule has 0 bridgehead atoms. The number of carboxylic acid groups (broad SMARTS) is 1. The van der Waals surface area contributed by atoms with Gasteiger partial charge in [0, 0.05) is 5.56 Å². The molecule has 26 heavy (non-hydrogen) atoms. The Labute approximate surface area is 151 Å². The minimum atomic E-state index is -1.09. The molecule has 2 aromatic carbocycles. The Morgan fingerprint density at radius 3 is 2.38 bits per heavy atom. The van der Waals surface area contributed by atoms with E-state index in [9.17, 15) is 14.7 Å². The molecule has 0 saturated heterocycles. The Morgan fingerprint density at radius 2 is 1.73 bits per heavy atom. The van der Waals surface area contributed by atoms with Gasteiger partial charge in [0.25, 0.3) is 0 Å². The summed E-state index contributed by atoms with van der Waals surface area (Å²) in [5.74, 6) is -0.471. The van der Waals surface area contributed by atoms with Gasteiger partial charge in [-0.25, -0.2) is 4.79 Å². The van der Waals surface area contributed by atoms with E-state index in [1.54, 1.807) is 19.1 Å². The fraction of sp³-hybridized carbons (Fsp3) is 0.273. The molecule has 4 heteroatoms. The smallest absolute Gasteiger partial charge is 0.339 e. The normalized spacial score (nSPS) is 16.0. The predicted octanol–water partition coefficient (Wildman–Crippen LogP) is 4.66. The zero-order valence-electron chi connectivity index (χ0n) is 14.6. The van der Waals surface area contributed by atoms with Crippen LogP contribution in [0.5, 0.6) is 0 Å². The Bertz CT molecular complexity index is 1040. The van der Waals surface area contributed by atoms with Gasteiger partial charge in [0.2, 0.25) is 0 Å². The first-order valence-electron chi connectivity index (χ1n) is 8.90. The summed E-state index contributed by atoms with van der Waals surface area (Å²) < 4.78 is 6.23. The van der Waals surface area contributed by atoms with Crippen LogP contribution in [0.2, 0.25) is 0 Å². The second-order valence-corrected chi connectivity index (χ2v) is 7.03. The molecular formula is C22H20O4. The van der Waals surface area contributed by atoms with Crippen LogP contribution in [0.4, 0.5) is 0 Å². The van der Waals surface area contributed by atoms with Gasteiger partial charge in [-0.3, -0.25) is 4.79 Å². The highest BCUT2D eigenvalue weighted by Gasteiger charge is 2.41. The van der Waals surface area contributed by atoms with Crippen LogP contribution < -0.4 is 5.43 Å². The molecule has 4 nitrogen and oxygen atoms in total. The molecular weight excluding hydrogens is 328 g/mol. The van der Waals surface area contributed by atoms with Gasteiger partial charge in [-0.1, -0.05) is 49.2 Å². The van der Waals surface area contributed by atoms with Crippen LogP contribution in [0.3, 0.4) is 0 Å². The fourth-order valence-electron chi connectivity index (χ4n) is 4.32. The SMILES string of the molecule is Cc1c(C2(c3ccccc3)CCCC2)oc2c(C(=O)O)cccc2c1=O. The highest BCUT2D eigenvalue weighted by Crippen LogP contribution is 2.47. The first-order chi connectivity index (χ1) is 12.5. The molecule has 0 radical (unpaired) electrons. The monoisotopic (exact) mass is 348 g/mol. The van der Waals surface area contributed by atoms with Gasteiger partial charge in [0.1, 0.15) is 11.3 Å². The molecule has 1 heterocycles. The quantitative estimate of drug-likeness (QED) is 0.747. The highest BCUT2D eigenvalue weighted by molar-refractivity contribution is 6.00. The van der Waals surface area contributed by atoms with Gasteiger partial charge < -0.3 is 9.52 Å². The van der Waals surface area contributed by atoms with E-state index in [4.69, 9.17) is 4.42 Å². The highest BCUT2D eigenvalue weighted by atomic mass is 16.4. The molecule has 1 aromatic heterocycles. The number of carboxylic acids is 1. The molecule has 1 N–H and O–H groups in total. The van der Waals surface area contributed by atoms with Crippen molar-refractivity contribution in [2.24, 2.45) is 0 Å². The second-order valence-electron chi connectivity index (χ2n) is 7.03. The van der Waals surface area contributed by atoms with E-state index in [1.807, 2.05) is 18.2 Å². The molecule has 1 aliphatic rings. The van der Waals surface area contributed by atoms with Crippen molar-refractivity contribution >= 4 is 16.9 Å². The summed E-state index contributed by atoms with van der Waals surface area (Å²) in [5, 5.41) is 9.84. The molecule has 132 valence electrons. The van der Waals surface area contributed by atoms with Crippen LogP contribution in [-0.4, -0.2) is 11.1 Å². The summed E-state index contributed by atoms with van der Waals surface area (Å²) in [7, 11) is 0.